The van der Waals surface area contributed by atoms with E-state index in [2.05, 4.69) is 16.9 Å². The first-order valence-electron chi connectivity index (χ1n) is 4.27. The molecule has 13 heavy (non-hydrogen) atoms. The van der Waals surface area contributed by atoms with Gasteiger partial charge in [0.05, 0.1) is 0 Å². The first kappa shape index (κ1) is 10.8. The van der Waals surface area contributed by atoms with Crippen LogP contribution in [-0.4, -0.2) is 16.4 Å². The van der Waals surface area contributed by atoms with Gasteiger partial charge < -0.3 is 5.11 Å². The molecule has 0 spiro atoms. The molecule has 0 saturated heterocycles. The van der Waals surface area contributed by atoms with Crippen LogP contribution in [0, 0.1) is 0 Å². The topological polar surface area (TPSA) is 49.3 Å². The molecular formula is C8H13NO2S2. The number of allylic oxidation sites excluding steroid dienone is 1. The van der Waals surface area contributed by atoms with E-state index in [4.69, 9.17) is 5.11 Å². The third-order valence-electron chi connectivity index (χ3n) is 1.76. The highest BCUT2D eigenvalue weighted by atomic mass is 33.1. The predicted octanol–water partition coefficient (Wildman–Crippen LogP) is 3.05. The lowest BCUT2D eigenvalue weighted by Crippen LogP contribution is -2.11. The van der Waals surface area contributed by atoms with Gasteiger partial charge in [0.15, 0.2) is 0 Å². The molecule has 0 aromatic carbocycles. The molecule has 0 heterocycles. The van der Waals surface area contributed by atoms with Crippen molar-refractivity contribution in [1.29, 1.82) is 0 Å². The van der Waals surface area contributed by atoms with Crippen LogP contribution in [0.25, 0.3) is 0 Å². The van der Waals surface area contributed by atoms with Crippen LogP contribution >= 0.6 is 21.8 Å². The molecule has 5 heteroatoms. The average Bonchev–Trinajstić information content (AvgIpc) is 2.32. The molecular weight excluding hydrogens is 206 g/mol. The Labute approximate surface area is 85.9 Å². The van der Waals surface area contributed by atoms with E-state index >= 15 is 0 Å². The van der Waals surface area contributed by atoms with Gasteiger partial charge in [0, 0.05) is 16.2 Å². The molecule has 0 saturated carbocycles. The second-order valence-corrected chi connectivity index (χ2v) is 5.08. The zero-order chi connectivity index (χ0) is 9.52. The minimum atomic E-state index is -0.977. The van der Waals surface area contributed by atoms with E-state index in [-0.39, 0.29) is 0 Å². The Morgan fingerprint density at radius 1 is 1.54 bits per heavy atom. The first-order chi connectivity index (χ1) is 6.29. The van der Waals surface area contributed by atoms with Crippen LogP contribution in [0.1, 0.15) is 25.7 Å². The summed E-state index contributed by atoms with van der Waals surface area (Å²) >= 11 is 0. The van der Waals surface area contributed by atoms with Crippen LogP contribution in [-0.2, 0) is 0 Å². The summed E-state index contributed by atoms with van der Waals surface area (Å²) < 4.78 is 2.28. The summed E-state index contributed by atoms with van der Waals surface area (Å²) in [6.07, 6.45) is 8.18. The summed E-state index contributed by atoms with van der Waals surface area (Å²) in [7, 11) is 2.77. The lowest BCUT2D eigenvalue weighted by atomic mass is 10.2. The number of rotatable bonds is 3. The quantitative estimate of drug-likeness (QED) is 0.435. The summed E-state index contributed by atoms with van der Waals surface area (Å²) in [5.41, 5.74) is 0. The van der Waals surface area contributed by atoms with Crippen LogP contribution < -0.4 is 4.72 Å². The molecule has 1 aliphatic rings. The highest BCUT2D eigenvalue weighted by Crippen LogP contribution is 2.30. The van der Waals surface area contributed by atoms with E-state index < -0.39 is 6.09 Å². The van der Waals surface area contributed by atoms with Gasteiger partial charge >= 0.3 is 6.09 Å². The summed E-state index contributed by atoms with van der Waals surface area (Å²) in [5.74, 6) is 0. The van der Waals surface area contributed by atoms with Crippen molar-refractivity contribution in [1.82, 2.24) is 4.72 Å². The van der Waals surface area contributed by atoms with Gasteiger partial charge in [-0.1, -0.05) is 29.4 Å². The van der Waals surface area contributed by atoms with Crippen molar-refractivity contribution in [2.75, 3.05) is 0 Å². The Morgan fingerprint density at radius 2 is 2.38 bits per heavy atom. The lowest BCUT2D eigenvalue weighted by molar-refractivity contribution is 0.202. The van der Waals surface area contributed by atoms with Crippen LogP contribution in [0.2, 0.25) is 0 Å². The average molecular weight is 219 g/mol. The maximum absolute atomic E-state index is 10.1. The number of hydrogen-bond acceptors (Lipinski definition) is 3. The molecule has 1 atom stereocenters. The number of carbonyl (C=O) groups is 1. The van der Waals surface area contributed by atoms with Crippen LogP contribution in [0.15, 0.2) is 12.2 Å². The Hall–Kier alpha value is -0.290. The fraction of sp³-hybridized carbons (Fsp3) is 0.625. The second kappa shape index (κ2) is 6.21. The van der Waals surface area contributed by atoms with Crippen LogP contribution in [0.3, 0.4) is 0 Å². The molecule has 74 valence electrons. The maximum atomic E-state index is 10.1. The minimum absolute atomic E-state index is 0.458. The molecule has 1 aliphatic carbocycles. The van der Waals surface area contributed by atoms with E-state index in [9.17, 15) is 4.79 Å². The smallest absolute Gasteiger partial charge is 0.415 e. The van der Waals surface area contributed by atoms with Crippen molar-refractivity contribution < 1.29 is 9.90 Å². The van der Waals surface area contributed by atoms with Crippen molar-refractivity contribution in [3.63, 3.8) is 0 Å². The summed E-state index contributed by atoms with van der Waals surface area (Å²) in [6, 6.07) is 0. The monoisotopic (exact) mass is 219 g/mol. The number of hydrogen-bond donors (Lipinski definition) is 2. The van der Waals surface area contributed by atoms with Crippen LogP contribution in [0.5, 0.6) is 0 Å². The van der Waals surface area contributed by atoms with E-state index in [1.807, 2.05) is 0 Å². The van der Waals surface area contributed by atoms with E-state index in [0.29, 0.717) is 5.25 Å². The summed E-state index contributed by atoms with van der Waals surface area (Å²) in [4.78, 5) is 10.1. The van der Waals surface area contributed by atoms with Crippen molar-refractivity contribution >= 4 is 27.9 Å². The lowest BCUT2D eigenvalue weighted by Gasteiger charge is -2.08. The van der Waals surface area contributed by atoms with Gasteiger partial charge in [0.2, 0.25) is 0 Å². The molecule has 0 radical (unpaired) electrons. The molecule has 0 aromatic heterocycles. The Balaban J connectivity index is 2.15. The third kappa shape index (κ3) is 5.10. The Bertz CT molecular complexity index is 197. The fourth-order valence-corrected chi connectivity index (χ4v) is 3.04. The van der Waals surface area contributed by atoms with Gasteiger partial charge in [0.25, 0.3) is 0 Å². The fourth-order valence-electron chi connectivity index (χ4n) is 1.15. The van der Waals surface area contributed by atoms with E-state index in [1.165, 1.54) is 23.8 Å². The van der Waals surface area contributed by atoms with Crippen LogP contribution in [0.4, 0.5) is 4.79 Å². The number of carboxylic acid groups (broad SMARTS) is 1. The van der Waals surface area contributed by atoms with Gasteiger partial charge in [-0.3, -0.25) is 4.72 Å². The SMILES string of the molecule is O=C(O)NSSC1C=CCCCC1. The Morgan fingerprint density at radius 3 is 3.15 bits per heavy atom. The zero-order valence-electron chi connectivity index (χ0n) is 7.23. The molecule has 2 N–H and O–H groups in total. The molecule has 0 aliphatic heterocycles. The molecule has 0 fully saturated rings. The van der Waals surface area contributed by atoms with Gasteiger partial charge in [-0.15, -0.1) is 0 Å². The normalized spacial score (nSPS) is 22.3. The predicted molar refractivity (Wildman–Crippen MR) is 57.7 cm³/mol. The minimum Gasteiger partial charge on any atom is -0.464 e. The molecule has 1 amide bonds. The van der Waals surface area contributed by atoms with Crippen molar-refractivity contribution in [2.45, 2.75) is 30.9 Å². The zero-order valence-corrected chi connectivity index (χ0v) is 8.87. The Kier molecular flexibility index (Phi) is 5.15. The number of nitrogens with one attached hydrogen (secondary N) is 1. The van der Waals surface area contributed by atoms with Crippen molar-refractivity contribution in [3.8, 4) is 0 Å². The van der Waals surface area contributed by atoms with Crippen molar-refractivity contribution in [2.24, 2.45) is 0 Å². The van der Waals surface area contributed by atoms with Gasteiger partial charge in [-0.05, 0) is 19.3 Å². The third-order valence-corrected chi connectivity index (χ3v) is 4.04. The molecule has 1 rings (SSSR count). The largest absolute Gasteiger partial charge is 0.464 e. The second-order valence-electron chi connectivity index (χ2n) is 2.84. The van der Waals surface area contributed by atoms with Crippen molar-refractivity contribution in [3.05, 3.63) is 12.2 Å². The number of amides is 1. The van der Waals surface area contributed by atoms with Gasteiger partial charge in [-0.25, -0.2) is 4.79 Å². The van der Waals surface area contributed by atoms with E-state index in [0.717, 1.165) is 12.8 Å². The maximum Gasteiger partial charge on any atom is 0.415 e. The highest BCUT2D eigenvalue weighted by molar-refractivity contribution is 8.76. The first-order valence-corrected chi connectivity index (χ1v) is 6.48. The highest BCUT2D eigenvalue weighted by Gasteiger charge is 2.08. The van der Waals surface area contributed by atoms with Gasteiger partial charge in [-0.2, -0.15) is 0 Å². The summed E-state index contributed by atoms with van der Waals surface area (Å²) in [5, 5.41) is 8.79. The molecule has 0 aromatic rings. The standard InChI is InChI=1S/C8H13NO2S2/c10-8(11)9-13-12-7-5-3-1-2-4-6-7/h3,5,7,9H,1-2,4,6H2,(H,10,11). The molecule has 3 nitrogen and oxygen atoms in total. The summed E-state index contributed by atoms with van der Waals surface area (Å²) in [6.45, 7) is 0. The molecule has 1 unspecified atom stereocenters. The molecule has 0 bridgehead atoms. The van der Waals surface area contributed by atoms with E-state index in [1.54, 1.807) is 10.8 Å². The van der Waals surface area contributed by atoms with Gasteiger partial charge in [0.1, 0.15) is 0 Å².